The minimum atomic E-state index is -0.340. The fraction of sp³-hybridized carbons (Fsp3) is 0.353. The Bertz CT molecular complexity index is 855. The quantitative estimate of drug-likeness (QED) is 0.713. The number of nitrogens with zero attached hydrogens (tertiary/aromatic N) is 3. The molecule has 3 aromatic rings. The number of H-pyrrole nitrogens is 1. The molecule has 0 spiro atoms. The van der Waals surface area contributed by atoms with Gasteiger partial charge in [-0.25, -0.2) is 0 Å². The van der Waals surface area contributed by atoms with Gasteiger partial charge in [-0.1, -0.05) is 5.16 Å². The van der Waals surface area contributed by atoms with Crippen molar-refractivity contribution >= 4 is 11.7 Å². The van der Waals surface area contributed by atoms with E-state index in [-0.39, 0.29) is 11.7 Å². The molecule has 3 heterocycles. The summed E-state index contributed by atoms with van der Waals surface area (Å²) in [6.07, 6.45) is 0.532. The number of anilines is 1. The van der Waals surface area contributed by atoms with E-state index in [0.717, 1.165) is 22.7 Å². The lowest BCUT2D eigenvalue weighted by Crippen LogP contribution is -2.11. The molecule has 0 unspecified atom stereocenters. The van der Waals surface area contributed by atoms with Crippen molar-refractivity contribution in [2.45, 2.75) is 26.8 Å². The summed E-state index contributed by atoms with van der Waals surface area (Å²) in [4.78, 5) is 14.3. The van der Waals surface area contributed by atoms with E-state index in [2.05, 4.69) is 20.7 Å². The Morgan fingerprint density at radius 2 is 2.12 bits per heavy atom. The van der Waals surface area contributed by atoms with Crippen molar-refractivity contribution in [2.24, 2.45) is 0 Å². The number of rotatable bonds is 6. The van der Waals surface area contributed by atoms with Crippen molar-refractivity contribution in [2.75, 3.05) is 19.4 Å². The minimum absolute atomic E-state index is 0.235. The normalized spacial score (nSPS) is 11.2. The first kappa shape index (κ1) is 17.0. The van der Waals surface area contributed by atoms with Crippen LogP contribution in [0, 0.1) is 13.8 Å². The average Bonchev–Trinajstić information content (AvgIpc) is 3.25. The summed E-state index contributed by atoms with van der Waals surface area (Å²) in [5.41, 5.74) is 2.71. The summed E-state index contributed by atoms with van der Waals surface area (Å²) in [6.45, 7) is 4.45. The maximum absolute atomic E-state index is 12.3. The maximum Gasteiger partial charge on any atom is 0.292 e. The highest BCUT2D eigenvalue weighted by Crippen LogP contribution is 2.19. The number of aromatic nitrogens is 3. The van der Waals surface area contributed by atoms with Crippen molar-refractivity contribution in [3.8, 4) is 0 Å². The summed E-state index contributed by atoms with van der Waals surface area (Å²) in [5.74, 6) is 1.79. The van der Waals surface area contributed by atoms with Gasteiger partial charge in [-0.2, -0.15) is 5.10 Å². The van der Waals surface area contributed by atoms with Crippen LogP contribution in [0.1, 0.15) is 39.0 Å². The lowest BCUT2D eigenvalue weighted by molar-refractivity contribution is 0.0994. The summed E-state index contributed by atoms with van der Waals surface area (Å²) in [5, 5.41) is 13.6. The van der Waals surface area contributed by atoms with Crippen LogP contribution in [-0.4, -0.2) is 40.3 Å². The number of aromatic amines is 1. The summed E-state index contributed by atoms with van der Waals surface area (Å²) < 4.78 is 10.8. The number of carbonyl (C=O) groups excluding carboxylic acids is 1. The predicted octanol–water partition coefficient (Wildman–Crippen LogP) is 2.51. The molecule has 0 bridgehead atoms. The molecule has 0 aliphatic rings. The van der Waals surface area contributed by atoms with Gasteiger partial charge in [0.1, 0.15) is 11.5 Å². The lowest BCUT2D eigenvalue weighted by Gasteiger charge is -2.05. The molecule has 0 saturated heterocycles. The van der Waals surface area contributed by atoms with E-state index in [1.165, 1.54) is 0 Å². The largest absolute Gasteiger partial charge is 0.456 e. The number of amides is 1. The second-order valence-corrected chi connectivity index (χ2v) is 6.22. The zero-order valence-corrected chi connectivity index (χ0v) is 14.7. The highest BCUT2D eigenvalue weighted by Gasteiger charge is 2.16. The third kappa shape index (κ3) is 3.97. The highest BCUT2D eigenvalue weighted by molar-refractivity contribution is 6.01. The van der Waals surface area contributed by atoms with Crippen LogP contribution in [0.4, 0.5) is 5.82 Å². The van der Waals surface area contributed by atoms with Crippen molar-refractivity contribution in [3.63, 3.8) is 0 Å². The first-order valence-electron chi connectivity index (χ1n) is 7.93. The van der Waals surface area contributed by atoms with Crippen LogP contribution < -0.4 is 5.32 Å². The Kier molecular flexibility index (Phi) is 4.71. The number of aryl methyl sites for hydroxylation is 2. The zero-order chi connectivity index (χ0) is 18.0. The Hall–Kier alpha value is -2.87. The van der Waals surface area contributed by atoms with Crippen molar-refractivity contribution in [1.29, 1.82) is 0 Å². The molecule has 1 amide bonds. The molecule has 0 radical (unpaired) electrons. The maximum atomic E-state index is 12.3. The topological polar surface area (TPSA) is 100 Å². The van der Waals surface area contributed by atoms with Crippen molar-refractivity contribution in [1.82, 2.24) is 20.3 Å². The van der Waals surface area contributed by atoms with Crippen LogP contribution >= 0.6 is 0 Å². The van der Waals surface area contributed by atoms with Crippen LogP contribution in [0.3, 0.4) is 0 Å². The van der Waals surface area contributed by atoms with Gasteiger partial charge in [0, 0.05) is 24.6 Å². The number of furan rings is 1. The zero-order valence-electron chi connectivity index (χ0n) is 14.7. The van der Waals surface area contributed by atoms with Gasteiger partial charge in [0.2, 0.25) is 0 Å². The van der Waals surface area contributed by atoms with Crippen LogP contribution in [0.5, 0.6) is 0 Å². The molecule has 0 aliphatic carbocycles. The van der Waals surface area contributed by atoms with E-state index < -0.39 is 0 Å². The van der Waals surface area contributed by atoms with Crippen LogP contribution in [-0.2, 0) is 13.0 Å². The summed E-state index contributed by atoms with van der Waals surface area (Å²) >= 11 is 0. The number of hydrogen-bond acceptors (Lipinski definition) is 6. The van der Waals surface area contributed by atoms with E-state index in [0.29, 0.717) is 24.5 Å². The van der Waals surface area contributed by atoms with Gasteiger partial charge < -0.3 is 19.2 Å². The molecule has 0 saturated carbocycles. The van der Waals surface area contributed by atoms with Gasteiger partial charge in [-0.3, -0.25) is 9.89 Å². The number of carbonyl (C=O) groups is 1. The first-order chi connectivity index (χ1) is 11.9. The highest BCUT2D eigenvalue weighted by atomic mass is 16.5. The molecule has 25 heavy (non-hydrogen) atoms. The molecule has 0 atom stereocenters. The third-order valence-corrected chi connectivity index (χ3v) is 3.78. The first-order valence-corrected chi connectivity index (χ1v) is 7.93. The van der Waals surface area contributed by atoms with Gasteiger partial charge in [0.05, 0.1) is 11.4 Å². The number of hydrogen-bond donors (Lipinski definition) is 2. The van der Waals surface area contributed by atoms with Gasteiger partial charge in [-0.05, 0) is 40.1 Å². The Morgan fingerprint density at radius 1 is 1.32 bits per heavy atom. The van der Waals surface area contributed by atoms with E-state index in [1.807, 2.05) is 32.8 Å². The van der Waals surface area contributed by atoms with E-state index in [9.17, 15) is 4.79 Å². The molecule has 0 aliphatic heterocycles. The van der Waals surface area contributed by atoms with Crippen molar-refractivity contribution in [3.05, 3.63) is 52.4 Å². The molecule has 0 fully saturated rings. The Labute approximate surface area is 145 Å². The average molecular weight is 343 g/mol. The fourth-order valence-electron chi connectivity index (χ4n) is 2.55. The monoisotopic (exact) mass is 343 g/mol. The van der Waals surface area contributed by atoms with Crippen molar-refractivity contribution < 1.29 is 13.7 Å². The van der Waals surface area contributed by atoms with E-state index >= 15 is 0 Å². The summed E-state index contributed by atoms with van der Waals surface area (Å²) in [6, 6.07) is 5.23. The second-order valence-electron chi connectivity index (χ2n) is 6.22. The predicted molar refractivity (Wildman–Crippen MR) is 91.4 cm³/mol. The van der Waals surface area contributed by atoms with Gasteiger partial charge in [0.25, 0.3) is 5.91 Å². The molecule has 0 aromatic carbocycles. The molecule has 3 rings (SSSR count). The standard InChI is InChI=1S/C17H21N5O3/c1-10-14(11(2)25-21-10)8-13-5-6-15(24-13)17(23)18-16-7-12(19-20-16)9-22(3)4/h5-7H,8-9H2,1-4H3,(H2,18,19,20,23). The van der Waals surface area contributed by atoms with E-state index in [4.69, 9.17) is 8.94 Å². The lowest BCUT2D eigenvalue weighted by atomic mass is 10.1. The smallest absolute Gasteiger partial charge is 0.292 e. The molecule has 2 N–H and O–H groups in total. The second kappa shape index (κ2) is 6.94. The SMILES string of the molecule is Cc1noc(C)c1Cc1ccc(C(=O)Nc2cc(CN(C)C)[nH]n2)o1. The van der Waals surface area contributed by atoms with Crippen LogP contribution in [0.25, 0.3) is 0 Å². The molecule has 132 valence electrons. The van der Waals surface area contributed by atoms with Crippen LogP contribution in [0.2, 0.25) is 0 Å². The van der Waals surface area contributed by atoms with Crippen LogP contribution in [0.15, 0.2) is 27.1 Å². The Morgan fingerprint density at radius 3 is 2.80 bits per heavy atom. The number of nitrogens with one attached hydrogen (secondary N) is 2. The molecule has 8 nitrogen and oxygen atoms in total. The molecule has 3 aromatic heterocycles. The van der Waals surface area contributed by atoms with Gasteiger partial charge in [0.15, 0.2) is 11.6 Å². The molecular formula is C17H21N5O3. The van der Waals surface area contributed by atoms with E-state index in [1.54, 1.807) is 18.2 Å². The molecular weight excluding hydrogens is 322 g/mol. The minimum Gasteiger partial charge on any atom is -0.456 e. The summed E-state index contributed by atoms with van der Waals surface area (Å²) in [7, 11) is 3.92. The Balaban J connectivity index is 1.65. The van der Waals surface area contributed by atoms with Gasteiger partial charge in [-0.15, -0.1) is 0 Å². The fourth-order valence-corrected chi connectivity index (χ4v) is 2.55. The van der Waals surface area contributed by atoms with Gasteiger partial charge >= 0.3 is 0 Å². The molecule has 8 heteroatoms. The third-order valence-electron chi connectivity index (χ3n) is 3.78.